The number of carbonyl (C=O) groups is 1. The molecule has 0 spiro atoms. The first-order valence-corrected chi connectivity index (χ1v) is 4.64. The van der Waals surface area contributed by atoms with Crippen molar-refractivity contribution < 1.29 is 15.0 Å². The summed E-state index contributed by atoms with van der Waals surface area (Å²) in [7, 11) is 0. The zero-order valence-corrected chi connectivity index (χ0v) is 8.55. The largest absolute Gasteiger partial charge is 0.390 e. The topological polar surface area (TPSA) is 96.4 Å². The number of carbonyl (C=O) groups excluding carboxylic acids is 1. The van der Waals surface area contributed by atoms with Crippen LogP contribution in [0.25, 0.3) is 0 Å². The van der Waals surface area contributed by atoms with E-state index in [1.54, 1.807) is 0 Å². The number of halogens is 1. The number of amides is 1. The highest BCUT2D eigenvalue weighted by atomic mass is 35.5. The Morgan fingerprint density at radius 3 is 2.67 bits per heavy atom. The van der Waals surface area contributed by atoms with E-state index >= 15 is 0 Å². The maximum Gasteiger partial charge on any atom is 0.220 e. The van der Waals surface area contributed by atoms with Crippen molar-refractivity contribution in [3.63, 3.8) is 0 Å². The molecule has 0 saturated heterocycles. The molecule has 4 N–H and O–H groups in total. The van der Waals surface area contributed by atoms with Gasteiger partial charge in [0.2, 0.25) is 5.91 Å². The van der Waals surface area contributed by atoms with Gasteiger partial charge in [-0.05, 0) is 6.07 Å². The van der Waals surface area contributed by atoms with Crippen molar-refractivity contribution in [2.24, 2.45) is 5.73 Å². The van der Waals surface area contributed by atoms with E-state index in [2.05, 4.69) is 4.98 Å². The van der Waals surface area contributed by atoms with E-state index in [4.69, 9.17) is 17.3 Å². The first-order chi connectivity index (χ1) is 7.00. The zero-order chi connectivity index (χ0) is 11.4. The van der Waals surface area contributed by atoms with Gasteiger partial charge in [-0.25, -0.2) is 4.98 Å². The zero-order valence-electron chi connectivity index (χ0n) is 7.80. The number of nitrogens with two attached hydrogens (primary N) is 1. The molecule has 0 aliphatic heterocycles. The Labute approximate surface area is 91.5 Å². The summed E-state index contributed by atoms with van der Waals surface area (Å²) in [5, 5.41) is 19.3. The van der Waals surface area contributed by atoms with Gasteiger partial charge in [-0.3, -0.25) is 4.79 Å². The summed E-state index contributed by atoms with van der Waals surface area (Å²) in [6, 6.07) is 3.00. The molecule has 1 amide bonds. The van der Waals surface area contributed by atoms with Crippen LogP contribution in [0.5, 0.6) is 0 Å². The monoisotopic (exact) mass is 230 g/mol. The lowest BCUT2D eigenvalue weighted by Crippen LogP contribution is -2.25. The van der Waals surface area contributed by atoms with E-state index in [1.165, 1.54) is 18.3 Å². The third kappa shape index (κ3) is 3.47. The molecule has 5 nitrogen and oxygen atoms in total. The van der Waals surface area contributed by atoms with Crippen LogP contribution in [0.1, 0.15) is 18.1 Å². The molecule has 82 valence electrons. The molecule has 0 saturated carbocycles. The van der Waals surface area contributed by atoms with E-state index in [9.17, 15) is 15.0 Å². The molecule has 1 heterocycles. The average molecular weight is 231 g/mol. The molecular formula is C9H11ClN2O3. The van der Waals surface area contributed by atoms with Crippen molar-refractivity contribution in [3.05, 3.63) is 29.0 Å². The quantitative estimate of drug-likeness (QED) is 0.635. The molecule has 0 fully saturated rings. The van der Waals surface area contributed by atoms with Crippen LogP contribution in [0.2, 0.25) is 5.15 Å². The highest BCUT2D eigenvalue weighted by molar-refractivity contribution is 6.29. The smallest absolute Gasteiger partial charge is 0.220 e. The number of nitrogens with zero attached hydrogens (tertiary/aromatic N) is 1. The number of hydrogen-bond donors (Lipinski definition) is 3. The molecule has 0 bridgehead atoms. The minimum Gasteiger partial charge on any atom is -0.390 e. The van der Waals surface area contributed by atoms with Gasteiger partial charge in [-0.2, -0.15) is 0 Å². The summed E-state index contributed by atoms with van der Waals surface area (Å²) in [5.41, 5.74) is 5.27. The molecule has 0 aliphatic rings. The lowest BCUT2D eigenvalue weighted by atomic mass is 10.0. The highest BCUT2D eigenvalue weighted by Crippen LogP contribution is 2.18. The molecule has 1 aromatic heterocycles. The molecule has 1 rings (SSSR count). The maximum absolute atomic E-state index is 10.5. The fourth-order valence-corrected chi connectivity index (χ4v) is 1.21. The molecule has 2 unspecified atom stereocenters. The van der Waals surface area contributed by atoms with E-state index in [0.29, 0.717) is 5.56 Å². The third-order valence-electron chi connectivity index (χ3n) is 1.87. The van der Waals surface area contributed by atoms with Gasteiger partial charge < -0.3 is 15.9 Å². The van der Waals surface area contributed by atoms with E-state index in [0.717, 1.165) is 0 Å². The molecule has 2 atom stereocenters. The van der Waals surface area contributed by atoms with Gasteiger partial charge in [0.1, 0.15) is 11.3 Å². The van der Waals surface area contributed by atoms with Crippen molar-refractivity contribution in [2.45, 2.75) is 18.6 Å². The number of pyridine rings is 1. The Balaban J connectivity index is 2.71. The molecular weight excluding hydrogens is 220 g/mol. The van der Waals surface area contributed by atoms with Gasteiger partial charge in [0.05, 0.1) is 12.5 Å². The van der Waals surface area contributed by atoms with Crippen molar-refractivity contribution >= 4 is 17.5 Å². The van der Waals surface area contributed by atoms with Crippen LogP contribution < -0.4 is 5.73 Å². The normalized spacial score (nSPS) is 14.6. The number of primary amides is 1. The van der Waals surface area contributed by atoms with Gasteiger partial charge in [-0.15, -0.1) is 0 Å². The van der Waals surface area contributed by atoms with Crippen LogP contribution in [0.3, 0.4) is 0 Å². The Hall–Kier alpha value is -1.17. The Bertz CT molecular complexity index is 342. The molecule has 1 aromatic rings. The summed E-state index contributed by atoms with van der Waals surface area (Å²) >= 11 is 5.55. The Kier molecular flexibility index (Phi) is 4.02. The predicted octanol–water partition coefficient (Wildman–Crippen LogP) is 0.00470. The van der Waals surface area contributed by atoms with E-state index < -0.39 is 18.1 Å². The standard InChI is InChI=1S/C9H11ClN2O3/c10-7-2-1-5(4-12-7)9(15)6(13)3-8(11)14/h1-2,4,6,9,13,15H,3H2,(H2,11,14). The Morgan fingerprint density at radius 1 is 1.53 bits per heavy atom. The van der Waals surface area contributed by atoms with Crippen LogP contribution in [0.4, 0.5) is 0 Å². The van der Waals surface area contributed by atoms with Gasteiger partial charge in [-0.1, -0.05) is 17.7 Å². The highest BCUT2D eigenvalue weighted by Gasteiger charge is 2.20. The first kappa shape index (κ1) is 11.9. The minimum absolute atomic E-state index is 0.287. The molecule has 15 heavy (non-hydrogen) atoms. The summed E-state index contributed by atoms with van der Waals surface area (Å²) in [5.74, 6) is -0.677. The molecule has 0 aliphatic carbocycles. The van der Waals surface area contributed by atoms with Crippen LogP contribution in [-0.2, 0) is 4.79 Å². The molecule has 6 heteroatoms. The maximum atomic E-state index is 10.5. The molecule has 0 radical (unpaired) electrons. The minimum atomic E-state index is -1.23. The van der Waals surface area contributed by atoms with Crippen molar-refractivity contribution in [1.29, 1.82) is 0 Å². The number of aromatic nitrogens is 1. The second kappa shape index (κ2) is 5.06. The van der Waals surface area contributed by atoms with Gasteiger partial charge in [0, 0.05) is 11.8 Å². The lowest BCUT2D eigenvalue weighted by Gasteiger charge is -2.16. The van der Waals surface area contributed by atoms with E-state index in [1.807, 2.05) is 0 Å². The number of aliphatic hydroxyl groups excluding tert-OH is 2. The van der Waals surface area contributed by atoms with Crippen LogP contribution in [0.15, 0.2) is 18.3 Å². The Morgan fingerprint density at radius 2 is 2.20 bits per heavy atom. The van der Waals surface area contributed by atoms with Crippen LogP contribution >= 0.6 is 11.6 Å². The van der Waals surface area contributed by atoms with Crippen molar-refractivity contribution in [1.82, 2.24) is 4.98 Å². The first-order valence-electron chi connectivity index (χ1n) is 4.26. The number of aliphatic hydroxyl groups is 2. The lowest BCUT2D eigenvalue weighted by molar-refractivity contribution is -0.121. The fraction of sp³-hybridized carbons (Fsp3) is 0.333. The van der Waals surface area contributed by atoms with Crippen molar-refractivity contribution in [2.75, 3.05) is 0 Å². The summed E-state index contributed by atoms with van der Waals surface area (Å²) in [6.45, 7) is 0. The second-order valence-electron chi connectivity index (χ2n) is 3.10. The SMILES string of the molecule is NC(=O)CC(O)C(O)c1ccc(Cl)nc1. The summed E-state index contributed by atoms with van der Waals surface area (Å²) in [6.07, 6.45) is -1.39. The third-order valence-corrected chi connectivity index (χ3v) is 2.09. The van der Waals surface area contributed by atoms with Gasteiger partial charge >= 0.3 is 0 Å². The predicted molar refractivity (Wildman–Crippen MR) is 54.0 cm³/mol. The number of hydrogen-bond acceptors (Lipinski definition) is 4. The van der Waals surface area contributed by atoms with Crippen LogP contribution in [0, 0.1) is 0 Å². The van der Waals surface area contributed by atoms with Crippen molar-refractivity contribution in [3.8, 4) is 0 Å². The summed E-state index contributed by atoms with van der Waals surface area (Å²) < 4.78 is 0. The van der Waals surface area contributed by atoms with E-state index in [-0.39, 0.29) is 11.6 Å². The van der Waals surface area contributed by atoms with Crippen LogP contribution in [-0.4, -0.2) is 27.2 Å². The van der Waals surface area contributed by atoms with Gasteiger partial charge in [0.15, 0.2) is 0 Å². The molecule has 0 aromatic carbocycles. The fourth-order valence-electron chi connectivity index (χ4n) is 1.10. The van der Waals surface area contributed by atoms with Gasteiger partial charge in [0.25, 0.3) is 0 Å². The summed E-state index contributed by atoms with van der Waals surface area (Å²) in [4.78, 5) is 14.3. The second-order valence-corrected chi connectivity index (χ2v) is 3.48. The average Bonchev–Trinajstić information content (AvgIpc) is 2.17. The number of rotatable bonds is 4.